The summed E-state index contributed by atoms with van der Waals surface area (Å²) in [5.74, 6) is 0.378. The molecule has 196 valence electrons. The zero-order valence-electron chi connectivity index (χ0n) is 20.5. The molecule has 2 aliphatic heterocycles. The van der Waals surface area contributed by atoms with Gasteiger partial charge in [0.15, 0.2) is 0 Å². The number of carbonyl (C=O) groups is 1. The van der Waals surface area contributed by atoms with Crippen LogP contribution in [0.3, 0.4) is 0 Å². The SMILES string of the molecule is COC(=O)N1c2ccc(-c3cnn(C4CCNCC4)c3)c(Oc3ncc(C(F)(F)F)cn3)c2CCC1C. The molecular formula is C25H27F3N6O3. The fourth-order valence-electron chi connectivity index (χ4n) is 4.88. The highest BCUT2D eigenvalue weighted by Gasteiger charge is 2.34. The maximum atomic E-state index is 13.0. The van der Waals surface area contributed by atoms with Crippen molar-refractivity contribution in [3.63, 3.8) is 0 Å². The summed E-state index contributed by atoms with van der Waals surface area (Å²) in [4.78, 5) is 21.7. The van der Waals surface area contributed by atoms with E-state index in [9.17, 15) is 18.0 Å². The number of hydrogen-bond donors (Lipinski definition) is 1. The van der Waals surface area contributed by atoms with Gasteiger partial charge in [-0.2, -0.15) is 18.3 Å². The van der Waals surface area contributed by atoms with E-state index in [4.69, 9.17) is 9.47 Å². The van der Waals surface area contributed by atoms with Gasteiger partial charge in [0.05, 0.1) is 30.6 Å². The Hall–Kier alpha value is -3.67. The van der Waals surface area contributed by atoms with Gasteiger partial charge >= 0.3 is 18.3 Å². The molecule has 1 atom stereocenters. The molecule has 12 heteroatoms. The quantitative estimate of drug-likeness (QED) is 0.523. The van der Waals surface area contributed by atoms with E-state index in [1.807, 2.05) is 29.9 Å². The molecule has 5 rings (SSSR count). The Morgan fingerprint density at radius 1 is 1.11 bits per heavy atom. The van der Waals surface area contributed by atoms with Crippen LogP contribution in [0.5, 0.6) is 11.8 Å². The van der Waals surface area contributed by atoms with Crippen LogP contribution >= 0.6 is 0 Å². The molecule has 0 aliphatic carbocycles. The fraction of sp³-hybridized carbons (Fsp3) is 0.440. The number of rotatable bonds is 4. The minimum Gasteiger partial charge on any atom is -0.452 e. The smallest absolute Gasteiger partial charge is 0.419 e. The largest absolute Gasteiger partial charge is 0.452 e. The lowest BCUT2D eigenvalue weighted by molar-refractivity contribution is -0.138. The van der Waals surface area contributed by atoms with Crippen molar-refractivity contribution in [1.29, 1.82) is 0 Å². The number of anilines is 1. The summed E-state index contributed by atoms with van der Waals surface area (Å²) < 4.78 is 52.1. The maximum absolute atomic E-state index is 13.0. The van der Waals surface area contributed by atoms with Gasteiger partial charge in [-0.3, -0.25) is 9.58 Å². The molecule has 4 heterocycles. The topological polar surface area (TPSA) is 94.4 Å². The fourth-order valence-corrected chi connectivity index (χ4v) is 4.88. The lowest BCUT2D eigenvalue weighted by Crippen LogP contribution is -2.42. The number of alkyl halides is 3. The van der Waals surface area contributed by atoms with Crippen molar-refractivity contribution in [2.45, 2.75) is 50.9 Å². The molecule has 37 heavy (non-hydrogen) atoms. The summed E-state index contributed by atoms with van der Waals surface area (Å²) in [7, 11) is 1.32. The zero-order chi connectivity index (χ0) is 26.2. The summed E-state index contributed by atoms with van der Waals surface area (Å²) in [5.41, 5.74) is 1.83. The number of amides is 1. The van der Waals surface area contributed by atoms with Gasteiger partial charge in [0.25, 0.3) is 0 Å². The number of carbonyl (C=O) groups excluding carboxylic acids is 1. The predicted molar refractivity (Wildman–Crippen MR) is 129 cm³/mol. The lowest BCUT2D eigenvalue weighted by atomic mass is 9.92. The highest BCUT2D eigenvalue weighted by atomic mass is 19.4. The van der Waals surface area contributed by atoms with Gasteiger partial charge in [0.2, 0.25) is 0 Å². The van der Waals surface area contributed by atoms with Gasteiger partial charge in [-0.05, 0) is 57.8 Å². The third-order valence-electron chi connectivity index (χ3n) is 6.86. The molecule has 3 aromatic rings. The molecule has 1 aromatic carbocycles. The number of aromatic nitrogens is 4. The first kappa shape index (κ1) is 25.0. The van der Waals surface area contributed by atoms with Crippen molar-refractivity contribution in [1.82, 2.24) is 25.1 Å². The minimum absolute atomic E-state index is 0.108. The first-order valence-electron chi connectivity index (χ1n) is 12.1. The third kappa shape index (κ3) is 4.97. The highest BCUT2D eigenvalue weighted by molar-refractivity contribution is 5.92. The molecule has 0 bridgehead atoms. The van der Waals surface area contributed by atoms with Crippen LogP contribution in [0.4, 0.5) is 23.7 Å². The van der Waals surface area contributed by atoms with E-state index in [0.29, 0.717) is 42.2 Å². The van der Waals surface area contributed by atoms with Crippen molar-refractivity contribution in [2.24, 2.45) is 0 Å². The van der Waals surface area contributed by atoms with Crippen molar-refractivity contribution < 1.29 is 27.4 Å². The van der Waals surface area contributed by atoms with Crippen LogP contribution < -0.4 is 15.0 Å². The summed E-state index contributed by atoms with van der Waals surface area (Å²) in [5, 5.41) is 7.92. The van der Waals surface area contributed by atoms with Gasteiger partial charge in [-0.15, -0.1) is 0 Å². The third-order valence-corrected chi connectivity index (χ3v) is 6.86. The average molecular weight is 517 g/mol. The van der Waals surface area contributed by atoms with Crippen LogP contribution in [0.2, 0.25) is 0 Å². The Kier molecular flexibility index (Phi) is 6.76. The number of nitrogens with zero attached hydrogens (tertiary/aromatic N) is 5. The van der Waals surface area contributed by atoms with Crippen LogP contribution in [0.15, 0.2) is 36.9 Å². The number of methoxy groups -OCH3 is 1. The summed E-state index contributed by atoms with van der Waals surface area (Å²) in [6.07, 6.45) is 3.15. The molecule has 1 N–H and O–H groups in total. The first-order chi connectivity index (χ1) is 17.8. The molecule has 2 aliphatic rings. The Labute approximate surface area is 211 Å². The molecule has 2 aromatic heterocycles. The van der Waals surface area contributed by atoms with Crippen molar-refractivity contribution in [2.75, 3.05) is 25.1 Å². The van der Waals surface area contributed by atoms with E-state index >= 15 is 0 Å². The number of hydrogen-bond acceptors (Lipinski definition) is 7. The summed E-state index contributed by atoms with van der Waals surface area (Å²) in [6.45, 7) is 3.76. The molecular weight excluding hydrogens is 489 g/mol. The molecule has 1 fully saturated rings. The molecule has 0 saturated carbocycles. The Morgan fingerprint density at radius 3 is 2.51 bits per heavy atom. The van der Waals surface area contributed by atoms with Crippen LogP contribution in [0.1, 0.15) is 43.4 Å². The maximum Gasteiger partial charge on any atom is 0.419 e. The van der Waals surface area contributed by atoms with E-state index in [-0.39, 0.29) is 18.1 Å². The number of halogens is 3. The van der Waals surface area contributed by atoms with Gasteiger partial charge in [-0.1, -0.05) is 0 Å². The molecule has 0 radical (unpaired) electrons. The Morgan fingerprint density at radius 2 is 1.84 bits per heavy atom. The second-order valence-corrected chi connectivity index (χ2v) is 9.21. The molecule has 1 amide bonds. The second-order valence-electron chi connectivity index (χ2n) is 9.21. The van der Waals surface area contributed by atoms with E-state index in [1.165, 1.54) is 7.11 Å². The number of fused-ring (bicyclic) bond motifs is 1. The monoisotopic (exact) mass is 516 g/mol. The Bertz CT molecular complexity index is 1270. The van der Waals surface area contributed by atoms with Gasteiger partial charge in [-0.25, -0.2) is 14.8 Å². The van der Waals surface area contributed by atoms with Crippen molar-refractivity contribution in [3.05, 3.63) is 48.0 Å². The van der Waals surface area contributed by atoms with Gasteiger partial charge < -0.3 is 14.8 Å². The van der Waals surface area contributed by atoms with Crippen LogP contribution in [0, 0.1) is 0 Å². The van der Waals surface area contributed by atoms with Crippen molar-refractivity contribution >= 4 is 11.8 Å². The van der Waals surface area contributed by atoms with E-state index < -0.39 is 17.8 Å². The normalized spacial score (nSPS) is 18.4. The number of piperidine rings is 1. The lowest BCUT2D eigenvalue weighted by Gasteiger charge is -2.35. The van der Waals surface area contributed by atoms with E-state index in [2.05, 4.69) is 20.4 Å². The second kappa shape index (κ2) is 10.0. The molecule has 0 spiro atoms. The number of nitrogens with one attached hydrogen (secondary N) is 1. The van der Waals surface area contributed by atoms with Crippen LogP contribution in [0.25, 0.3) is 11.1 Å². The summed E-state index contributed by atoms with van der Waals surface area (Å²) >= 11 is 0. The first-order valence-corrected chi connectivity index (χ1v) is 12.1. The number of benzene rings is 1. The highest BCUT2D eigenvalue weighted by Crippen LogP contribution is 2.44. The zero-order valence-corrected chi connectivity index (χ0v) is 20.5. The standard InChI is InChI=1S/C25H27F3N6O3/c1-15-3-4-20-21(34(15)24(35)36-2)6-5-19(16-11-32-33(14-16)18-7-9-29-10-8-18)22(20)37-23-30-12-17(13-31-23)25(26,27)28/h5-6,11-15,18,29H,3-4,7-10H2,1-2H3. The van der Waals surface area contributed by atoms with E-state index in [0.717, 1.165) is 37.1 Å². The molecule has 1 unspecified atom stereocenters. The minimum atomic E-state index is -4.56. The molecule has 9 nitrogen and oxygen atoms in total. The average Bonchev–Trinajstić information content (AvgIpc) is 3.39. The predicted octanol–water partition coefficient (Wildman–Crippen LogP) is 4.98. The molecule has 1 saturated heterocycles. The van der Waals surface area contributed by atoms with Crippen LogP contribution in [-0.4, -0.2) is 52.1 Å². The van der Waals surface area contributed by atoms with Crippen molar-refractivity contribution in [3.8, 4) is 22.9 Å². The van der Waals surface area contributed by atoms with Crippen LogP contribution in [-0.2, 0) is 17.3 Å². The van der Waals surface area contributed by atoms with E-state index in [1.54, 1.807) is 11.1 Å². The summed E-state index contributed by atoms with van der Waals surface area (Å²) in [6, 6.07) is 3.58. The van der Waals surface area contributed by atoms with Gasteiger partial charge in [0, 0.05) is 41.3 Å². The number of ether oxygens (including phenoxy) is 2. The Balaban J connectivity index is 1.58. The van der Waals surface area contributed by atoms with Gasteiger partial charge in [0.1, 0.15) is 5.75 Å².